The van der Waals surface area contributed by atoms with E-state index >= 15 is 0 Å². The predicted molar refractivity (Wildman–Crippen MR) is 82.3 cm³/mol. The van der Waals surface area contributed by atoms with E-state index in [1.54, 1.807) is 0 Å². The molecule has 0 bridgehead atoms. The molecule has 0 aliphatic heterocycles. The van der Waals surface area contributed by atoms with Gasteiger partial charge in [-0.3, -0.25) is 0 Å². The number of nitrogens with two attached hydrogens (primary N) is 1. The van der Waals surface area contributed by atoms with Gasteiger partial charge >= 0.3 is 0 Å². The Kier molecular flexibility index (Phi) is 5.72. The van der Waals surface area contributed by atoms with E-state index in [4.69, 9.17) is 15.2 Å². The van der Waals surface area contributed by atoms with Crippen molar-refractivity contribution < 1.29 is 9.47 Å². The van der Waals surface area contributed by atoms with Crippen molar-refractivity contribution in [3.63, 3.8) is 0 Å². The topological polar surface area (TPSA) is 44.5 Å². The Morgan fingerprint density at radius 1 is 1.15 bits per heavy atom. The fraction of sp³-hybridized carbons (Fsp3) is 0.647. The van der Waals surface area contributed by atoms with Crippen LogP contribution in [0.2, 0.25) is 0 Å². The van der Waals surface area contributed by atoms with Crippen LogP contribution in [0, 0.1) is 5.92 Å². The molecule has 0 radical (unpaired) electrons. The normalized spacial score (nSPS) is 26.2. The monoisotopic (exact) mass is 277 g/mol. The first-order valence-corrected chi connectivity index (χ1v) is 7.88. The van der Waals surface area contributed by atoms with Crippen LogP contribution in [-0.4, -0.2) is 18.8 Å². The molecule has 2 rings (SSSR count). The average molecular weight is 277 g/mol. The molecule has 1 aromatic carbocycles. The van der Waals surface area contributed by atoms with Crippen LogP contribution in [0.1, 0.15) is 46.0 Å². The van der Waals surface area contributed by atoms with Crippen molar-refractivity contribution >= 4 is 0 Å². The third-order valence-electron chi connectivity index (χ3n) is 4.12. The Morgan fingerprint density at radius 3 is 2.60 bits per heavy atom. The lowest BCUT2D eigenvalue weighted by Crippen LogP contribution is -2.43. The molecule has 0 spiro atoms. The van der Waals surface area contributed by atoms with Gasteiger partial charge in [0.1, 0.15) is 6.10 Å². The van der Waals surface area contributed by atoms with Crippen LogP contribution in [-0.2, 0) is 0 Å². The Hall–Kier alpha value is -1.22. The maximum atomic E-state index is 6.23. The van der Waals surface area contributed by atoms with Gasteiger partial charge in [0.15, 0.2) is 11.5 Å². The van der Waals surface area contributed by atoms with Crippen LogP contribution >= 0.6 is 0 Å². The Bertz CT molecular complexity index is 408. The molecule has 3 nitrogen and oxygen atoms in total. The fourth-order valence-corrected chi connectivity index (χ4v) is 2.78. The molecule has 0 heterocycles. The summed E-state index contributed by atoms with van der Waals surface area (Å²) in [7, 11) is 0. The first-order valence-electron chi connectivity index (χ1n) is 7.88. The summed E-state index contributed by atoms with van der Waals surface area (Å²) < 4.78 is 11.9. The van der Waals surface area contributed by atoms with Gasteiger partial charge in [-0.25, -0.2) is 0 Å². The summed E-state index contributed by atoms with van der Waals surface area (Å²) in [5.74, 6) is 2.40. The predicted octanol–water partition coefficient (Wildman–Crippen LogP) is 3.76. The van der Waals surface area contributed by atoms with Crippen LogP contribution in [0.4, 0.5) is 0 Å². The molecule has 1 saturated carbocycles. The summed E-state index contributed by atoms with van der Waals surface area (Å²) in [6, 6.07) is 8.05. The SMILES string of the molecule is CCCOc1ccccc1OC1CC(CC)CCC1N. The minimum atomic E-state index is 0.111. The summed E-state index contributed by atoms with van der Waals surface area (Å²) in [5, 5.41) is 0. The maximum Gasteiger partial charge on any atom is 0.161 e. The third-order valence-corrected chi connectivity index (χ3v) is 4.12. The van der Waals surface area contributed by atoms with E-state index < -0.39 is 0 Å². The standard InChI is InChI=1S/C17H27NO2/c1-3-11-19-15-7-5-6-8-16(15)20-17-12-13(4-2)9-10-14(17)18/h5-8,13-14,17H,3-4,9-12,18H2,1-2H3. The molecular formula is C17H27NO2. The highest BCUT2D eigenvalue weighted by molar-refractivity contribution is 5.39. The highest BCUT2D eigenvalue weighted by atomic mass is 16.5. The van der Waals surface area contributed by atoms with Gasteiger partial charge in [0.05, 0.1) is 6.61 Å². The molecule has 3 atom stereocenters. The van der Waals surface area contributed by atoms with Crippen molar-refractivity contribution in [2.24, 2.45) is 11.7 Å². The van der Waals surface area contributed by atoms with Gasteiger partial charge in [0, 0.05) is 6.04 Å². The molecule has 112 valence electrons. The maximum absolute atomic E-state index is 6.23. The zero-order chi connectivity index (χ0) is 14.4. The summed E-state index contributed by atoms with van der Waals surface area (Å²) in [5.41, 5.74) is 6.23. The summed E-state index contributed by atoms with van der Waals surface area (Å²) in [6.45, 7) is 5.07. The Labute approximate surface area is 122 Å². The summed E-state index contributed by atoms with van der Waals surface area (Å²) in [6.07, 6.45) is 5.66. The molecular weight excluding hydrogens is 250 g/mol. The van der Waals surface area contributed by atoms with Crippen LogP contribution in [0.15, 0.2) is 24.3 Å². The lowest BCUT2D eigenvalue weighted by molar-refractivity contribution is 0.0969. The Balaban J connectivity index is 2.04. The minimum Gasteiger partial charge on any atom is -0.490 e. The lowest BCUT2D eigenvalue weighted by Gasteiger charge is -2.34. The molecule has 0 saturated heterocycles. The van der Waals surface area contributed by atoms with Crippen molar-refractivity contribution in [1.82, 2.24) is 0 Å². The summed E-state index contributed by atoms with van der Waals surface area (Å²) in [4.78, 5) is 0. The molecule has 0 aromatic heterocycles. The first kappa shape index (κ1) is 15.2. The van der Waals surface area contributed by atoms with Gasteiger partial charge < -0.3 is 15.2 Å². The average Bonchev–Trinajstić information content (AvgIpc) is 2.48. The van der Waals surface area contributed by atoms with Crippen LogP contribution in [0.5, 0.6) is 11.5 Å². The van der Waals surface area contributed by atoms with Crippen LogP contribution in [0.25, 0.3) is 0 Å². The second kappa shape index (κ2) is 7.53. The van der Waals surface area contributed by atoms with Gasteiger partial charge in [-0.2, -0.15) is 0 Å². The van der Waals surface area contributed by atoms with Crippen molar-refractivity contribution in [1.29, 1.82) is 0 Å². The molecule has 20 heavy (non-hydrogen) atoms. The van der Waals surface area contributed by atoms with Crippen LogP contribution in [0.3, 0.4) is 0 Å². The summed E-state index contributed by atoms with van der Waals surface area (Å²) >= 11 is 0. The van der Waals surface area contributed by atoms with Gasteiger partial charge in [-0.1, -0.05) is 32.4 Å². The number of para-hydroxylation sites is 2. The second-order valence-electron chi connectivity index (χ2n) is 5.70. The quantitative estimate of drug-likeness (QED) is 0.861. The largest absolute Gasteiger partial charge is 0.490 e. The van der Waals surface area contributed by atoms with Gasteiger partial charge in [-0.15, -0.1) is 0 Å². The highest BCUT2D eigenvalue weighted by Gasteiger charge is 2.29. The molecule has 0 amide bonds. The van der Waals surface area contributed by atoms with E-state index in [2.05, 4.69) is 13.8 Å². The van der Waals surface area contributed by atoms with Crippen molar-refractivity contribution in [2.75, 3.05) is 6.61 Å². The van der Waals surface area contributed by atoms with Gasteiger partial charge in [0.25, 0.3) is 0 Å². The first-order chi connectivity index (χ1) is 9.74. The molecule has 3 unspecified atom stereocenters. The van der Waals surface area contributed by atoms with E-state index in [1.807, 2.05) is 24.3 Å². The van der Waals surface area contributed by atoms with Gasteiger partial charge in [-0.05, 0) is 43.7 Å². The van der Waals surface area contributed by atoms with E-state index in [-0.39, 0.29) is 12.1 Å². The smallest absolute Gasteiger partial charge is 0.161 e. The van der Waals surface area contributed by atoms with Crippen molar-refractivity contribution in [2.45, 2.75) is 58.1 Å². The van der Waals surface area contributed by atoms with Crippen LogP contribution < -0.4 is 15.2 Å². The number of rotatable bonds is 6. The molecule has 2 N–H and O–H groups in total. The fourth-order valence-electron chi connectivity index (χ4n) is 2.78. The van der Waals surface area contributed by atoms with E-state index in [0.717, 1.165) is 36.7 Å². The molecule has 3 heteroatoms. The Morgan fingerprint density at radius 2 is 1.90 bits per heavy atom. The van der Waals surface area contributed by atoms with Gasteiger partial charge in [0.2, 0.25) is 0 Å². The highest BCUT2D eigenvalue weighted by Crippen LogP contribution is 2.33. The van der Waals surface area contributed by atoms with E-state index in [9.17, 15) is 0 Å². The number of hydrogen-bond donors (Lipinski definition) is 1. The molecule has 1 aromatic rings. The molecule has 1 aliphatic rings. The third kappa shape index (κ3) is 3.89. The molecule has 1 aliphatic carbocycles. The van der Waals surface area contributed by atoms with E-state index in [1.165, 1.54) is 12.8 Å². The number of ether oxygens (including phenoxy) is 2. The number of benzene rings is 1. The van der Waals surface area contributed by atoms with E-state index in [0.29, 0.717) is 6.61 Å². The zero-order valence-corrected chi connectivity index (χ0v) is 12.7. The second-order valence-corrected chi connectivity index (χ2v) is 5.70. The zero-order valence-electron chi connectivity index (χ0n) is 12.7. The minimum absolute atomic E-state index is 0.111. The van der Waals surface area contributed by atoms with Crippen molar-refractivity contribution in [3.8, 4) is 11.5 Å². The lowest BCUT2D eigenvalue weighted by atomic mass is 9.83. The number of hydrogen-bond acceptors (Lipinski definition) is 3. The van der Waals surface area contributed by atoms with Crippen molar-refractivity contribution in [3.05, 3.63) is 24.3 Å². The molecule has 1 fully saturated rings.